The maximum atomic E-state index is 12.2. The van der Waals surface area contributed by atoms with E-state index < -0.39 is 0 Å². The van der Waals surface area contributed by atoms with Crippen molar-refractivity contribution in [1.82, 2.24) is 10.2 Å². The van der Waals surface area contributed by atoms with Crippen LogP contribution in [0.15, 0.2) is 0 Å². The number of hydrogen-bond donors (Lipinski definition) is 2. The van der Waals surface area contributed by atoms with E-state index in [2.05, 4.69) is 10.2 Å². The van der Waals surface area contributed by atoms with Gasteiger partial charge in [0.05, 0.1) is 18.2 Å². The van der Waals surface area contributed by atoms with Crippen LogP contribution in [0.5, 0.6) is 0 Å². The van der Waals surface area contributed by atoms with Crippen molar-refractivity contribution in [3.63, 3.8) is 0 Å². The van der Waals surface area contributed by atoms with Crippen LogP contribution in [0, 0.1) is 5.92 Å². The normalized spacial score (nSPS) is 31.3. The smallest absolute Gasteiger partial charge is 0.237 e. The van der Waals surface area contributed by atoms with Gasteiger partial charge < -0.3 is 15.2 Å². The number of ether oxygens (including phenoxy) is 1. The zero-order chi connectivity index (χ0) is 15.2. The summed E-state index contributed by atoms with van der Waals surface area (Å²) in [6, 6.07) is -0.166. The van der Waals surface area contributed by atoms with Crippen LogP contribution in [0.2, 0.25) is 0 Å². The topological polar surface area (TPSA) is 61.8 Å². The van der Waals surface area contributed by atoms with Crippen LogP contribution in [-0.4, -0.2) is 60.9 Å². The molecule has 1 amide bonds. The minimum Gasteiger partial charge on any atom is -0.393 e. The quantitative estimate of drug-likeness (QED) is 0.772. The maximum absolute atomic E-state index is 12.2. The van der Waals surface area contributed by atoms with Crippen molar-refractivity contribution < 1.29 is 14.6 Å². The number of hydrogen-bond acceptors (Lipinski definition) is 4. The average Bonchev–Trinajstić information content (AvgIpc) is 2.99. The Morgan fingerprint density at radius 1 is 1.33 bits per heavy atom. The molecule has 0 spiro atoms. The highest BCUT2D eigenvalue weighted by atomic mass is 16.5. The van der Waals surface area contributed by atoms with Crippen molar-refractivity contribution in [3.8, 4) is 0 Å². The Labute approximate surface area is 128 Å². The highest BCUT2D eigenvalue weighted by Gasteiger charge is 2.27. The maximum Gasteiger partial charge on any atom is 0.237 e. The highest BCUT2D eigenvalue weighted by Crippen LogP contribution is 2.25. The number of carbonyl (C=O) groups is 1. The monoisotopic (exact) mass is 298 g/mol. The molecule has 21 heavy (non-hydrogen) atoms. The fourth-order valence-corrected chi connectivity index (χ4v) is 3.30. The molecule has 4 unspecified atom stereocenters. The number of nitrogens with one attached hydrogen (secondary N) is 1. The third kappa shape index (κ3) is 4.94. The predicted molar refractivity (Wildman–Crippen MR) is 82.0 cm³/mol. The number of aliphatic hydroxyl groups is 1. The second kappa shape index (κ2) is 8.11. The molecule has 1 aliphatic heterocycles. The lowest BCUT2D eigenvalue weighted by atomic mass is 9.86. The van der Waals surface area contributed by atoms with Crippen LogP contribution in [-0.2, 0) is 9.53 Å². The van der Waals surface area contributed by atoms with Gasteiger partial charge in [0, 0.05) is 19.7 Å². The van der Waals surface area contributed by atoms with E-state index in [1.54, 1.807) is 0 Å². The number of rotatable bonds is 6. The number of carbonyl (C=O) groups excluding carboxylic acids is 1. The number of amides is 1. The summed E-state index contributed by atoms with van der Waals surface area (Å²) in [5.74, 6) is 0.357. The first kappa shape index (κ1) is 16.7. The Morgan fingerprint density at radius 3 is 2.76 bits per heavy atom. The lowest BCUT2D eigenvalue weighted by Gasteiger charge is -2.33. The van der Waals surface area contributed by atoms with Gasteiger partial charge in [-0.3, -0.25) is 9.69 Å². The van der Waals surface area contributed by atoms with Crippen molar-refractivity contribution >= 4 is 5.91 Å². The zero-order valence-corrected chi connectivity index (χ0v) is 13.4. The van der Waals surface area contributed by atoms with Gasteiger partial charge in [-0.15, -0.1) is 0 Å². The fraction of sp³-hybridized carbons (Fsp3) is 0.938. The van der Waals surface area contributed by atoms with E-state index in [9.17, 15) is 9.90 Å². The molecule has 2 N–H and O–H groups in total. The van der Waals surface area contributed by atoms with Crippen molar-refractivity contribution in [1.29, 1.82) is 0 Å². The van der Waals surface area contributed by atoms with Gasteiger partial charge in [0.1, 0.15) is 0 Å². The van der Waals surface area contributed by atoms with E-state index >= 15 is 0 Å². The Morgan fingerprint density at radius 2 is 2.10 bits per heavy atom. The number of aliphatic hydroxyl groups excluding tert-OH is 1. The lowest BCUT2D eigenvalue weighted by molar-refractivity contribution is -0.126. The molecule has 5 nitrogen and oxygen atoms in total. The third-order valence-corrected chi connectivity index (χ3v) is 4.96. The summed E-state index contributed by atoms with van der Waals surface area (Å²) in [5, 5.41) is 13.0. The summed E-state index contributed by atoms with van der Waals surface area (Å²) in [5.41, 5.74) is 0. The lowest BCUT2D eigenvalue weighted by Crippen LogP contribution is -2.48. The minimum atomic E-state index is -0.205. The van der Waals surface area contributed by atoms with Gasteiger partial charge in [-0.25, -0.2) is 0 Å². The highest BCUT2D eigenvalue weighted by molar-refractivity contribution is 5.81. The van der Waals surface area contributed by atoms with E-state index in [1.807, 2.05) is 14.0 Å². The second-order valence-electron chi connectivity index (χ2n) is 6.61. The standard InChI is InChI=1S/C16H30N2O3/c1-12(16(20)17-10-14-7-5-9-21-14)18(2)11-13-6-3-4-8-15(13)19/h12-15,19H,3-11H2,1-2H3,(H,17,20). The molecule has 2 rings (SSSR count). The van der Waals surface area contributed by atoms with Crippen LogP contribution in [0.25, 0.3) is 0 Å². The summed E-state index contributed by atoms with van der Waals surface area (Å²) in [4.78, 5) is 14.3. The minimum absolute atomic E-state index is 0.0540. The van der Waals surface area contributed by atoms with E-state index in [-0.39, 0.29) is 24.2 Å². The van der Waals surface area contributed by atoms with Crippen molar-refractivity contribution in [2.75, 3.05) is 26.7 Å². The summed E-state index contributed by atoms with van der Waals surface area (Å²) >= 11 is 0. The molecule has 1 saturated carbocycles. The first-order valence-corrected chi connectivity index (χ1v) is 8.35. The van der Waals surface area contributed by atoms with Gasteiger partial charge in [-0.1, -0.05) is 12.8 Å². The first-order chi connectivity index (χ1) is 10.1. The molecule has 5 heteroatoms. The third-order valence-electron chi connectivity index (χ3n) is 4.96. The van der Waals surface area contributed by atoms with E-state index in [0.29, 0.717) is 12.5 Å². The van der Waals surface area contributed by atoms with Crippen molar-refractivity contribution in [2.45, 2.75) is 63.7 Å². The molecule has 1 heterocycles. The zero-order valence-electron chi connectivity index (χ0n) is 13.4. The summed E-state index contributed by atoms with van der Waals surface area (Å²) in [6.07, 6.45) is 6.39. The van der Waals surface area contributed by atoms with Gasteiger partial charge in [-0.05, 0) is 45.6 Å². The molecule has 2 fully saturated rings. The van der Waals surface area contributed by atoms with Gasteiger partial charge in [-0.2, -0.15) is 0 Å². The molecule has 0 aromatic carbocycles. The molecule has 122 valence electrons. The van der Waals surface area contributed by atoms with Crippen LogP contribution in [0.4, 0.5) is 0 Å². The molecule has 1 saturated heterocycles. The van der Waals surface area contributed by atoms with Crippen LogP contribution in [0.3, 0.4) is 0 Å². The predicted octanol–water partition coefficient (Wildman–Crippen LogP) is 1.15. The van der Waals surface area contributed by atoms with E-state index in [0.717, 1.165) is 45.3 Å². The molecular weight excluding hydrogens is 268 g/mol. The summed E-state index contributed by atoms with van der Waals surface area (Å²) in [6.45, 7) is 4.15. The Bertz CT molecular complexity index is 331. The molecule has 1 aliphatic carbocycles. The van der Waals surface area contributed by atoms with Crippen molar-refractivity contribution in [3.05, 3.63) is 0 Å². The van der Waals surface area contributed by atoms with Crippen LogP contribution in [0.1, 0.15) is 45.4 Å². The van der Waals surface area contributed by atoms with Gasteiger partial charge in [0.25, 0.3) is 0 Å². The van der Waals surface area contributed by atoms with Crippen LogP contribution >= 0.6 is 0 Å². The molecule has 4 atom stereocenters. The van der Waals surface area contributed by atoms with Crippen LogP contribution < -0.4 is 5.32 Å². The molecular formula is C16H30N2O3. The molecule has 2 aliphatic rings. The summed E-state index contributed by atoms with van der Waals surface area (Å²) < 4.78 is 5.52. The molecule has 0 bridgehead atoms. The van der Waals surface area contributed by atoms with Gasteiger partial charge in [0.15, 0.2) is 0 Å². The average molecular weight is 298 g/mol. The molecule has 0 aromatic rings. The SMILES string of the molecule is CC(C(=O)NCC1CCCO1)N(C)CC1CCCCC1O. The molecule has 0 aromatic heterocycles. The Hall–Kier alpha value is -0.650. The largest absolute Gasteiger partial charge is 0.393 e. The molecule has 0 radical (unpaired) electrons. The summed E-state index contributed by atoms with van der Waals surface area (Å²) in [7, 11) is 1.97. The Kier molecular flexibility index (Phi) is 6.45. The number of nitrogens with zero attached hydrogens (tertiary/aromatic N) is 1. The van der Waals surface area contributed by atoms with E-state index in [1.165, 1.54) is 6.42 Å². The van der Waals surface area contributed by atoms with Gasteiger partial charge >= 0.3 is 0 Å². The second-order valence-corrected chi connectivity index (χ2v) is 6.61. The first-order valence-electron chi connectivity index (χ1n) is 8.35. The van der Waals surface area contributed by atoms with Gasteiger partial charge in [0.2, 0.25) is 5.91 Å². The van der Waals surface area contributed by atoms with E-state index in [4.69, 9.17) is 4.74 Å². The Balaban J connectivity index is 1.72. The van der Waals surface area contributed by atoms with Crippen molar-refractivity contribution in [2.24, 2.45) is 5.92 Å². The number of likely N-dealkylation sites (N-methyl/N-ethyl adjacent to an activating group) is 1. The fourth-order valence-electron chi connectivity index (χ4n) is 3.30.